The van der Waals surface area contributed by atoms with Crippen LogP contribution in [0.1, 0.15) is 31.2 Å². The first kappa shape index (κ1) is 22.3. The predicted octanol–water partition coefficient (Wildman–Crippen LogP) is 2.22. The molecule has 0 bridgehead atoms. The van der Waals surface area contributed by atoms with Crippen LogP contribution in [0.3, 0.4) is 0 Å². The normalized spacial score (nSPS) is 15.7. The molecule has 1 fully saturated rings. The number of anilines is 2. The zero-order valence-electron chi connectivity index (χ0n) is 18.8. The molecule has 33 heavy (non-hydrogen) atoms. The average Bonchev–Trinajstić information content (AvgIpc) is 3.36. The molecule has 1 atom stereocenters. The van der Waals surface area contributed by atoms with Gasteiger partial charge in [0.05, 0.1) is 18.7 Å². The van der Waals surface area contributed by atoms with Crippen LogP contribution < -0.4 is 20.5 Å². The molecule has 3 aromatic rings. The number of nitrogens with one attached hydrogen (secondary N) is 2. The van der Waals surface area contributed by atoms with Crippen molar-refractivity contribution in [3.05, 3.63) is 58.1 Å². The molecular weight excluding hydrogens is 424 g/mol. The number of aryl methyl sites for hydroxylation is 2. The molecule has 0 radical (unpaired) electrons. The van der Waals surface area contributed by atoms with E-state index in [-0.39, 0.29) is 36.3 Å². The number of rotatable bonds is 7. The van der Waals surface area contributed by atoms with Crippen molar-refractivity contribution >= 4 is 23.3 Å². The second-order valence-electron chi connectivity index (χ2n) is 7.99. The van der Waals surface area contributed by atoms with Crippen LogP contribution in [0.25, 0.3) is 5.95 Å². The van der Waals surface area contributed by atoms with E-state index in [4.69, 9.17) is 4.74 Å². The minimum absolute atomic E-state index is 0.0945. The predicted molar refractivity (Wildman–Crippen MR) is 123 cm³/mol. The quantitative estimate of drug-likeness (QED) is 0.569. The van der Waals surface area contributed by atoms with Crippen molar-refractivity contribution in [2.45, 2.75) is 33.1 Å². The zero-order valence-corrected chi connectivity index (χ0v) is 18.8. The third-order valence-corrected chi connectivity index (χ3v) is 5.43. The molecule has 4 rings (SSSR count). The lowest BCUT2D eigenvalue weighted by atomic mass is 10.1. The molecule has 0 aliphatic carbocycles. The van der Waals surface area contributed by atoms with Gasteiger partial charge in [0.2, 0.25) is 17.8 Å². The molecule has 3 heterocycles. The first-order valence-corrected chi connectivity index (χ1v) is 10.8. The maximum Gasteiger partial charge on any atom is 0.252 e. The highest BCUT2D eigenvalue weighted by molar-refractivity contribution is 6.03. The first-order valence-electron chi connectivity index (χ1n) is 10.8. The van der Waals surface area contributed by atoms with Crippen molar-refractivity contribution in [2.75, 3.05) is 23.9 Å². The molecule has 0 spiro atoms. The number of H-pyrrole nitrogens is 1. The van der Waals surface area contributed by atoms with Gasteiger partial charge in [-0.2, -0.15) is 9.78 Å². The molecule has 2 N–H and O–H groups in total. The maximum atomic E-state index is 13.0. The number of aromatic amines is 1. The number of aromatic nitrogens is 4. The van der Waals surface area contributed by atoms with Crippen molar-refractivity contribution < 1.29 is 14.3 Å². The Bertz CT molecular complexity index is 1250. The van der Waals surface area contributed by atoms with Gasteiger partial charge in [0.15, 0.2) is 0 Å². The summed E-state index contributed by atoms with van der Waals surface area (Å²) >= 11 is 0. The average molecular weight is 450 g/mol. The van der Waals surface area contributed by atoms with Gasteiger partial charge in [-0.25, -0.2) is 4.98 Å². The number of methoxy groups -OCH3 is 1. The summed E-state index contributed by atoms with van der Waals surface area (Å²) in [4.78, 5) is 46.5. The van der Waals surface area contributed by atoms with Gasteiger partial charge in [-0.05, 0) is 25.5 Å². The molecule has 1 saturated heterocycles. The fourth-order valence-corrected chi connectivity index (χ4v) is 3.87. The van der Waals surface area contributed by atoms with Crippen molar-refractivity contribution in [3.8, 4) is 11.7 Å². The lowest BCUT2D eigenvalue weighted by Gasteiger charge is -2.17. The van der Waals surface area contributed by atoms with Gasteiger partial charge in [0, 0.05) is 42.5 Å². The Kier molecular flexibility index (Phi) is 6.25. The van der Waals surface area contributed by atoms with E-state index in [1.165, 1.54) is 10.7 Å². The molecule has 10 nitrogen and oxygen atoms in total. The molecule has 172 valence electrons. The van der Waals surface area contributed by atoms with Crippen molar-refractivity contribution in [3.63, 3.8) is 0 Å². The molecule has 10 heteroatoms. The Morgan fingerprint density at radius 1 is 1.27 bits per heavy atom. The number of benzene rings is 1. The summed E-state index contributed by atoms with van der Waals surface area (Å²) in [5, 5.41) is 7.23. The highest BCUT2D eigenvalue weighted by Crippen LogP contribution is 2.28. The summed E-state index contributed by atoms with van der Waals surface area (Å²) < 4.78 is 6.64. The van der Waals surface area contributed by atoms with Crippen LogP contribution in [0.2, 0.25) is 0 Å². The third-order valence-electron chi connectivity index (χ3n) is 5.43. The molecule has 1 aliphatic heterocycles. The number of nitrogens with zero attached hydrogens (tertiary/aromatic N) is 4. The summed E-state index contributed by atoms with van der Waals surface area (Å²) in [6.07, 6.45) is 1.59. The number of hydrogen-bond acceptors (Lipinski definition) is 6. The van der Waals surface area contributed by atoms with E-state index < -0.39 is 5.92 Å². The van der Waals surface area contributed by atoms with Crippen LogP contribution in [-0.2, 0) is 16.0 Å². The Balaban J connectivity index is 1.54. The van der Waals surface area contributed by atoms with Gasteiger partial charge in [-0.3, -0.25) is 19.4 Å². The van der Waals surface area contributed by atoms with E-state index in [2.05, 4.69) is 20.4 Å². The number of ether oxygens (including phenoxy) is 1. The summed E-state index contributed by atoms with van der Waals surface area (Å²) in [5.74, 6) is 0.273. The molecule has 2 aromatic heterocycles. The Morgan fingerprint density at radius 3 is 2.85 bits per heavy atom. The van der Waals surface area contributed by atoms with Gasteiger partial charge in [-0.1, -0.05) is 19.4 Å². The highest BCUT2D eigenvalue weighted by Gasteiger charge is 2.35. The first-order chi connectivity index (χ1) is 15.9. The van der Waals surface area contributed by atoms with Crippen molar-refractivity contribution in [1.82, 2.24) is 19.7 Å². The van der Waals surface area contributed by atoms with Gasteiger partial charge in [-0.15, -0.1) is 0 Å². The van der Waals surface area contributed by atoms with Crippen LogP contribution in [0.5, 0.6) is 5.75 Å². The minimum atomic E-state index is -0.536. The van der Waals surface area contributed by atoms with E-state index in [9.17, 15) is 14.4 Å². The van der Waals surface area contributed by atoms with Gasteiger partial charge >= 0.3 is 0 Å². The van der Waals surface area contributed by atoms with E-state index in [1.807, 2.05) is 13.0 Å². The van der Waals surface area contributed by atoms with E-state index in [1.54, 1.807) is 43.2 Å². The van der Waals surface area contributed by atoms with Crippen LogP contribution in [0.4, 0.5) is 11.5 Å². The standard InChI is InChI=1S/C23H26N6O4/c1-4-6-16-11-20(30)26-23(24-16)29-19(9-14(2)27-29)25-22(32)15-10-21(31)28(13-15)17-7-5-8-18(12-17)33-3/h5,7-9,11-12,15H,4,6,10,13H2,1-3H3,(H,25,32)(H,24,26,30)/t15-/m1/s1. The Labute approximate surface area is 190 Å². The molecule has 1 aliphatic rings. The van der Waals surface area contributed by atoms with E-state index in [0.717, 1.165) is 6.42 Å². The monoisotopic (exact) mass is 450 g/mol. The number of amides is 2. The second-order valence-corrected chi connectivity index (χ2v) is 7.99. The summed E-state index contributed by atoms with van der Waals surface area (Å²) in [6.45, 7) is 4.04. The van der Waals surface area contributed by atoms with Crippen LogP contribution >= 0.6 is 0 Å². The van der Waals surface area contributed by atoms with Gasteiger partial charge in [0.1, 0.15) is 11.6 Å². The van der Waals surface area contributed by atoms with E-state index >= 15 is 0 Å². The Morgan fingerprint density at radius 2 is 2.09 bits per heavy atom. The largest absolute Gasteiger partial charge is 0.497 e. The molecule has 0 saturated carbocycles. The molecule has 2 amide bonds. The van der Waals surface area contributed by atoms with Gasteiger partial charge < -0.3 is 15.0 Å². The maximum absolute atomic E-state index is 13.0. The number of carbonyl (C=O) groups is 2. The molecule has 1 aromatic carbocycles. The molecule has 0 unspecified atom stereocenters. The lowest BCUT2D eigenvalue weighted by Crippen LogP contribution is -2.29. The topological polar surface area (TPSA) is 122 Å². The third kappa shape index (κ3) is 4.79. The Hall–Kier alpha value is -3.95. The fraction of sp³-hybridized carbons (Fsp3) is 0.348. The minimum Gasteiger partial charge on any atom is -0.497 e. The SMILES string of the molecule is CCCc1cc(=O)[nH]c(-n2nc(C)cc2NC(=O)[C@@H]2CC(=O)N(c3cccc(OC)c3)C2)n1. The summed E-state index contributed by atoms with van der Waals surface area (Å²) in [5.41, 5.74) is 1.70. The number of carbonyl (C=O) groups excluding carboxylic acids is 2. The highest BCUT2D eigenvalue weighted by atomic mass is 16.5. The van der Waals surface area contributed by atoms with Gasteiger partial charge in [0.25, 0.3) is 5.56 Å². The van der Waals surface area contributed by atoms with Crippen LogP contribution in [0.15, 0.2) is 41.2 Å². The van der Waals surface area contributed by atoms with Crippen molar-refractivity contribution in [2.24, 2.45) is 5.92 Å². The lowest BCUT2D eigenvalue weighted by molar-refractivity contribution is -0.122. The summed E-state index contributed by atoms with van der Waals surface area (Å²) in [7, 11) is 1.56. The zero-order chi connectivity index (χ0) is 23.5. The smallest absolute Gasteiger partial charge is 0.252 e. The van der Waals surface area contributed by atoms with Crippen molar-refractivity contribution in [1.29, 1.82) is 0 Å². The molecular formula is C23H26N6O4. The summed E-state index contributed by atoms with van der Waals surface area (Å²) in [6, 6.07) is 10.3. The van der Waals surface area contributed by atoms with E-state index in [0.29, 0.717) is 35.1 Å². The van der Waals surface area contributed by atoms with Crippen LogP contribution in [0, 0.1) is 12.8 Å². The number of hydrogen-bond donors (Lipinski definition) is 2. The fourth-order valence-electron chi connectivity index (χ4n) is 3.87. The second kappa shape index (κ2) is 9.27. The van der Waals surface area contributed by atoms with Crippen LogP contribution in [-0.4, -0.2) is 45.2 Å².